The molecule has 0 saturated heterocycles. The van der Waals surface area contributed by atoms with Gasteiger partial charge < -0.3 is 5.32 Å². The molecule has 1 amide bonds. The van der Waals surface area contributed by atoms with Crippen molar-refractivity contribution in [2.45, 2.75) is 23.7 Å². The van der Waals surface area contributed by atoms with Gasteiger partial charge in [-0.15, -0.1) is 11.8 Å². The summed E-state index contributed by atoms with van der Waals surface area (Å²) in [5.74, 6) is -1.74. The van der Waals surface area contributed by atoms with Gasteiger partial charge in [-0.1, -0.05) is 30.3 Å². The van der Waals surface area contributed by atoms with Gasteiger partial charge in [0.2, 0.25) is 5.91 Å². The maximum atomic E-state index is 12.7. The van der Waals surface area contributed by atoms with Crippen LogP contribution in [0.5, 0.6) is 0 Å². The van der Waals surface area contributed by atoms with Gasteiger partial charge in [-0.05, 0) is 23.8 Å². The van der Waals surface area contributed by atoms with Crippen LogP contribution in [-0.4, -0.2) is 17.8 Å². The summed E-state index contributed by atoms with van der Waals surface area (Å²) in [4.78, 5) is 12.3. The quantitative estimate of drug-likeness (QED) is 0.534. The molecule has 2 rings (SSSR count). The summed E-state index contributed by atoms with van der Waals surface area (Å²) in [6.07, 6.45) is -9.21. The van der Waals surface area contributed by atoms with Crippen molar-refractivity contribution in [1.82, 2.24) is 0 Å². The van der Waals surface area contributed by atoms with Crippen LogP contribution in [0.2, 0.25) is 0 Å². The molecule has 1 N–H and O–H groups in total. The Balaban J connectivity index is 2.07. The molecule has 140 valence electrons. The van der Waals surface area contributed by atoms with Gasteiger partial charge in [0.05, 0.1) is 23.4 Å². The van der Waals surface area contributed by atoms with Crippen molar-refractivity contribution in [2.24, 2.45) is 0 Å². The number of halogens is 6. The van der Waals surface area contributed by atoms with Crippen LogP contribution in [0.1, 0.15) is 11.1 Å². The molecule has 0 aromatic heterocycles. The molecule has 0 spiro atoms. The number of hydrogen-bond acceptors (Lipinski definition) is 2. The number of carbonyl (C=O) groups is 1. The molecule has 26 heavy (non-hydrogen) atoms. The molecule has 0 aliphatic carbocycles. The molecule has 2 nitrogen and oxygen atoms in total. The van der Waals surface area contributed by atoms with E-state index in [4.69, 9.17) is 0 Å². The molecule has 0 unspecified atom stereocenters. The Morgan fingerprint density at radius 3 is 2.31 bits per heavy atom. The molecule has 0 aliphatic heterocycles. The largest absolute Gasteiger partial charge is 0.416 e. The number of amides is 1. The van der Waals surface area contributed by atoms with Crippen LogP contribution in [0.3, 0.4) is 0 Å². The third-order valence-corrected chi connectivity index (χ3v) is 4.31. The molecule has 0 aliphatic rings. The lowest BCUT2D eigenvalue weighted by atomic mass is 10.1. The SMILES string of the molecule is O=C(Cc1cccc(C(F)(F)F)c1)Nc1ccccc1SCC(F)(F)F. The zero-order valence-electron chi connectivity index (χ0n) is 13.1. The average molecular weight is 393 g/mol. The number of anilines is 1. The van der Waals surface area contributed by atoms with E-state index in [0.717, 1.165) is 12.1 Å². The molecule has 0 radical (unpaired) electrons. The van der Waals surface area contributed by atoms with Gasteiger partial charge >= 0.3 is 12.4 Å². The number of para-hydroxylation sites is 1. The van der Waals surface area contributed by atoms with Crippen molar-refractivity contribution < 1.29 is 31.1 Å². The van der Waals surface area contributed by atoms with Crippen LogP contribution in [-0.2, 0) is 17.4 Å². The van der Waals surface area contributed by atoms with Gasteiger partial charge in [0.1, 0.15) is 0 Å². The number of rotatable bonds is 5. The van der Waals surface area contributed by atoms with E-state index in [1.165, 1.54) is 36.4 Å². The molecular weight excluding hydrogens is 380 g/mol. The Morgan fingerprint density at radius 1 is 0.962 bits per heavy atom. The predicted octanol–water partition coefficient (Wildman–Crippen LogP) is 5.54. The van der Waals surface area contributed by atoms with Crippen molar-refractivity contribution in [2.75, 3.05) is 11.1 Å². The summed E-state index contributed by atoms with van der Waals surface area (Å²) < 4.78 is 75.1. The summed E-state index contributed by atoms with van der Waals surface area (Å²) >= 11 is 0.520. The first-order valence-electron chi connectivity index (χ1n) is 7.29. The topological polar surface area (TPSA) is 29.1 Å². The Morgan fingerprint density at radius 2 is 1.65 bits per heavy atom. The van der Waals surface area contributed by atoms with E-state index < -0.39 is 29.6 Å². The van der Waals surface area contributed by atoms with E-state index in [1.54, 1.807) is 0 Å². The predicted molar refractivity (Wildman–Crippen MR) is 87.0 cm³/mol. The zero-order valence-corrected chi connectivity index (χ0v) is 13.9. The lowest BCUT2D eigenvalue weighted by molar-refractivity contribution is -0.137. The summed E-state index contributed by atoms with van der Waals surface area (Å²) in [6, 6.07) is 10.3. The molecule has 0 saturated carbocycles. The van der Waals surface area contributed by atoms with Crippen LogP contribution >= 0.6 is 11.8 Å². The molecule has 9 heteroatoms. The van der Waals surface area contributed by atoms with Gasteiger partial charge in [0, 0.05) is 4.90 Å². The van der Waals surface area contributed by atoms with Crippen LogP contribution in [0.25, 0.3) is 0 Å². The van der Waals surface area contributed by atoms with Gasteiger partial charge in [-0.25, -0.2) is 0 Å². The summed E-state index contributed by atoms with van der Waals surface area (Å²) in [5, 5.41) is 2.45. The Kier molecular flexibility index (Phi) is 6.22. The van der Waals surface area contributed by atoms with Crippen LogP contribution in [0.15, 0.2) is 53.4 Å². The summed E-state index contributed by atoms with van der Waals surface area (Å²) in [7, 11) is 0. The van der Waals surface area contributed by atoms with E-state index in [0.29, 0.717) is 11.8 Å². The van der Waals surface area contributed by atoms with Crippen LogP contribution in [0.4, 0.5) is 32.0 Å². The third-order valence-electron chi connectivity index (χ3n) is 3.17. The minimum absolute atomic E-state index is 0.151. The Hall–Kier alpha value is -2.16. The smallest absolute Gasteiger partial charge is 0.325 e. The standard InChI is InChI=1S/C17H13F6NOS/c18-16(19,20)10-26-14-7-2-1-6-13(14)24-15(25)9-11-4-3-5-12(8-11)17(21,22)23/h1-8H,9-10H2,(H,24,25). The fourth-order valence-corrected chi connectivity index (χ4v) is 2.86. The normalized spacial score (nSPS) is 12.1. The van der Waals surface area contributed by atoms with Crippen molar-refractivity contribution in [3.63, 3.8) is 0 Å². The molecule has 0 atom stereocenters. The lowest BCUT2D eigenvalue weighted by Gasteiger charge is -2.12. The Bertz CT molecular complexity index is 772. The monoisotopic (exact) mass is 393 g/mol. The van der Waals surface area contributed by atoms with Crippen molar-refractivity contribution in [3.8, 4) is 0 Å². The fraction of sp³-hybridized carbons (Fsp3) is 0.235. The maximum absolute atomic E-state index is 12.7. The number of benzene rings is 2. The van der Waals surface area contributed by atoms with Gasteiger partial charge in [-0.3, -0.25) is 4.79 Å². The minimum atomic E-state index is -4.52. The van der Waals surface area contributed by atoms with E-state index in [9.17, 15) is 31.1 Å². The molecule has 2 aromatic carbocycles. The van der Waals surface area contributed by atoms with E-state index in [2.05, 4.69) is 5.32 Å². The van der Waals surface area contributed by atoms with Crippen LogP contribution < -0.4 is 5.32 Å². The van der Waals surface area contributed by atoms with E-state index in [-0.39, 0.29) is 22.6 Å². The van der Waals surface area contributed by atoms with Crippen molar-refractivity contribution in [3.05, 3.63) is 59.7 Å². The zero-order chi connectivity index (χ0) is 19.4. The minimum Gasteiger partial charge on any atom is -0.325 e. The second-order valence-corrected chi connectivity index (χ2v) is 6.34. The number of thioether (sulfide) groups is 1. The Labute approximate surface area is 149 Å². The second kappa shape index (κ2) is 8.03. The molecule has 0 fully saturated rings. The van der Waals surface area contributed by atoms with Gasteiger partial charge in [0.25, 0.3) is 0 Å². The first kappa shape index (κ1) is 20.2. The number of alkyl halides is 6. The highest BCUT2D eigenvalue weighted by Gasteiger charge is 2.30. The summed E-state index contributed by atoms with van der Waals surface area (Å²) in [6.45, 7) is 0. The highest BCUT2D eigenvalue weighted by molar-refractivity contribution is 7.99. The third kappa shape index (κ3) is 6.29. The first-order valence-corrected chi connectivity index (χ1v) is 8.28. The molecule has 0 heterocycles. The number of carbonyl (C=O) groups excluding carboxylic acids is 1. The van der Waals surface area contributed by atoms with E-state index in [1.807, 2.05) is 0 Å². The average Bonchev–Trinajstić information content (AvgIpc) is 2.52. The lowest BCUT2D eigenvalue weighted by Crippen LogP contribution is -2.16. The van der Waals surface area contributed by atoms with E-state index >= 15 is 0 Å². The second-order valence-electron chi connectivity index (χ2n) is 5.32. The molecule has 2 aromatic rings. The number of hydrogen-bond donors (Lipinski definition) is 1. The molecular formula is C17H13F6NOS. The summed E-state index contributed by atoms with van der Waals surface area (Å²) in [5.41, 5.74) is -0.541. The van der Waals surface area contributed by atoms with Gasteiger partial charge in [0.15, 0.2) is 0 Å². The fourth-order valence-electron chi connectivity index (χ4n) is 2.09. The maximum Gasteiger partial charge on any atom is 0.416 e. The first-order chi connectivity index (χ1) is 12.0. The van der Waals surface area contributed by atoms with Crippen molar-refractivity contribution >= 4 is 23.4 Å². The van der Waals surface area contributed by atoms with Crippen LogP contribution in [0, 0.1) is 0 Å². The number of nitrogens with one attached hydrogen (secondary N) is 1. The van der Waals surface area contributed by atoms with Crippen molar-refractivity contribution in [1.29, 1.82) is 0 Å². The molecule has 0 bridgehead atoms. The highest BCUT2D eigenvalue weighted by atomic mass is 32.2. The highest BCUT2D eigenvalue weighted by Crippen LogP contribution is 2.32. The van der Waals surface area contributed by atoms with Gasteiger partial charge in [-0.2, -0.15) is 26.3 Å².